The van der Waals surface area contributed by atoms with Gasteiger partial charge in [0.2, 0.25) is 0 Å². The summed E-state index contributed by atoms with van der Waals surface area (Å²) in [4.78, 5) is 11.0. The van der Waals surface area contributed by atoms with Crippen molar-refractivity contribution in [3.8, 4) is 0 Å². The van der Waals surface area contributed by atoms with Crippen LogP contribution in [0.4, 0.5) is 0 Å². The summed E-state index contributed by atoms with van der Waals surface area (Å²) in [7, 11) is 0. The van der Waals surface area contributed by atoms with Crippen molar-refractivity contribution < 1.29 is 9.90 Å². The standard InChI is InChI=1S/C12H15IO2/c1-2-3-10(12(14)15)8-9-4-6-11(13)7-5-9/h4-7,10H,2-3,8H2,1H3,(H,14,15). The molecule has 0 aromatic heterocycles. The predicted octanol–water partition coefficient (Wildman–Crippen LogP) is 3.33. The molecule has 1 N–H and O–H groups in total. The quantitative estimate of drug-likeness (QED) is 0.846. The maximum absolute atomic E-state index is 11.0. The normalized spacial score (nSPS) is 12.4. The van der Waals surface area contributed by atoms with Crippen LogP contribution in [0.2, 0.25) is 0 Å². The molecule has 1 rings (SSSR count). The smallest absolute Gasteiger partial charge is 0.306 e. The summed E-state index contributed by atoms with van der Waals surface area (Å²) in [5, 5.41) is 9.02. The van der Waals surface area contributed by atoms with Crippen molar-refractivity contribution in [2.24, 2.45) is 5.92 Å². The molecule has 15 heavy (non-hydrogen) atoms. The molecule has 3 heteroatoms. The molecule has 0 radical (unpaired) electrons. The highest BCUT2D eigenvalue weighted by molar-refractivity contribution is 14.1. The van der Waals surface area contributed by atoms with Crippen molar-refractivity contribution in [2.45, 2.75) is 26.2 Å². The molecular formula is C12H15IO2. The Labute approximate surface area is 104 Å². The summed E-state index contributed by atoms with van der Waals surface area (Å²) >= 11 is 2.24. The highest BCUT2D eigenvalue weighted by Crippen LogP contribution is 2.15. The largest absolute Gasteiger partial charge is 0.481 e. The molecule has 0 amide bonds. The van der Waals surface area contributed by atoms with Gasteiger partial charge in [-0.3, -0.25) is 4.79 Å². The monoisotopic (exact) mass is 318 g/mol. The summed E-state index contributed by atoms with van der Waals surface area (Å²) < 4.78 is 1.18. The Morgan fingerprint density at radius 3 is 2.47 bits per heavy atom. The molecule has 0 spiro atoms. The first-order valence-corrected chi connectivity index (χ1v) is 6.18. The Kier molecular flexibility index (Phi) is 5.08. The van der Waals surface area contributed by atoms with E-state index < -0.39 is 5.97 Å². The van der Waals surface area contributed by atoms with Gasteiger partial charge in [0.05, 0.1) is 5.92 Å². The minimum absolute atomic E-state index is 0.241. The van der Waals surface area contributed by atoms with Gasteiger partial charge in [0.25, 0.3) is 0 Å². The lowest BCUT2D eigenvalue weighted by Crippen LogP contribution is -2.16. The summed E-state index contributed by atoms with van der Waals surface area (Å²) in [6.07, 6.45) is 2.31. The SMILES string of the molecule is CCCC(Cc1ccc(I)cc1)C(=O)O. The van der Waals surface area contributed by atoms with Crippen molar-refractivity contribution in [3.63, 3.8) is 0 Å². The summed E-state index contributed by atoms with van der Waals surface area (Å²) in [5.74, 6) is -0.925. The number of carboxylic acids is 1. The number of rotatable bonds is 5. The van der Waals surface area contributed by atoms with Gasteiger partial charge in [0.15, 0.2) is 0 Å². The number of carboxylic acid groups (broad SMARTS) is 1. The number of hydrogen-bond donors (Lipinski definition) is 1. The van der Waals surface area contributed by atoms with Gasteiger partial charge >= 0.3 is 5.97 Å². The first-order valence-electron chi connectivity index (χ1n) is 5.10. The highest BCUT2D eigenvalue weighted by Gasteiger charge is 2.16. The lowest BCUT2D eigenvalue weighted by atomic mass is 9.95. The van der Waals surface area contributed by atoms with Crippen LogP contribution in [0.1, 0.15) is 25.3 Å². The van der Waals surface area contributed by atoms with Gasteiger partial charge in [0, 0.05) is 3.57 Å². The van der Waals surface area contributed by atoms with Crippen LogP contribution in [0.3, 0.4) is 0 Å². The van der Waals surface area contributed by atoms with E-state index in [0.29, 0.717) is 6.42 Å². The van der Waals surface area contributed by atoms with E-state index in [1.54, 1.807) is 0 Å². The van der Waals surface area contributed by atoms with Crippen LogP contribution in [0.15, 0.2) is 24.3 Å². The topological polar surface area (TPSA) is 37.3 Å². The van der Waals surface area contributed by atoms with Crippen molar-refractivity contribution >= 4 is 28.6 Å². The minimum atomic E-state index is -0.685. The molecule has 2 nitrogen and oxygen atoms in total. The second-order valence-electron chi connectivity index (χ2n) is 3.65. The van der Waals surface area contributed by atoms with Gasteiger partial charge in [-0.05, 0) is 53.1 Å². The number of aliphatic carboxylic acids is 1. The molecule has 0 saturated heterocycles. The minimum Gasteiger partial charge on any atom is -0.481 e. The van der Waals surface area contributed by atoms with E-state index in [1.165, 1.54) is 3.57 Å². The average molecular weight is 318 g/mol. The Morgan fingerprint density at radius 2 is 2.00 bits per heavy atom. The lowest BCUT2D eigenvalue weighted by Gasteiger charge is -2.10. The van der Waals surface area contributed by atoms with E-state index in [0.717, 1.165) is 18.4 Å². The van der Waals surface area contributed by atoms with Crippen LogP contribution in [-0.2, 0) is 11.2 Å². The Balaban J connectivity index is 2.65. The van der Waals surface area contributed by atoms with E-state index in [2.05, 4.69) is 22.6 Å². The second-order valence-corrected chi connectivity index (χ2v) is 4.90. The first-order chi connectivity index (χ1) is 7.13. The Hall–Kier alpha value is -0.580. The molecule has 0 heterocycles. The molecule has 1 aromatic carbocycles. The number of halogens is 1. The van der Waals surface area contributed by atoms with Gasteiger partial charge in [-0.25, -0.2) is 0 Å². The van der Waals surface area contributed by atoms with Gasteiger partial charge in [-0.1, -0.05) is 25.5 Å². The van der Waals surface area contributed by atoms with Crippen molar-refractivity contribution in [1.82, 2.24) is 0 Å². The van der Waals surface area contributed by atoms with E-state index in [4.69, 9.17) is 5.11 Å². The molecule has 0 aliphatic rings. The van der Waals surface area contributed by atoms with E-state index in [-0.39, 0.29) is 5.92 Å². The fourth-order valence-electron chi connectivity index (χ4n) is 1.57. The van der Waals surface area contributed by atoms with E-state index in [9.17, 15) is 4.79 Å². The summed E-state index contributed by atoms with van der Waals surface area (Å²) in [6.45, 7) is 2.02. The predicted molar refractivity (Wildman–Crippen MR) is 68.9 cm³/mol. The van der Waals surface area contributed by atoms with Crippen LogP contribution in [0, 0.1) is 9.49 Å². The lowest BCUT2D eigenvalue weighted by molar-refractivity contribution is -0.141. The molecular weight excluding hydrogens is 303 g/mol. The zero-order chi connectivity index (χ0) is 11.3. The molecule has 82 valence electrons. The fraction of sp³-hybridized carbons (Fsp3) is 0.417. The molecule has 1 unspecified atom stereocenters. The third kappa shape index (κ3) is 4.20. The van der Waals surface area contributed by atoms with E-state index in [1.807, 2.05) is 31.2 Å². The van der Waals surface area contributed by atoms with Gasteiger partial charge in [0.1, 0.15) is 0 Å². The van der Waals surface area contributed by atoms with Crippen LogP contribution in [0.25, 0.3) is 0 Å². The van der Waals surface area contributed by atoms with Crippen LogP contribution in [-0.4, -0.2) is 11.1 Å². The molecule has 1 aromatic rings. The molecule has 0 aliphatic heterocycles. The van der Waals surface area contributed by atoms with Crippen LogP contribution < -0.4 is 0 Å². The van der Waals surface area contributed by atoms with Crippen molar-refractivity contribution in [2.75, 3.05) is 0 Å². The third-order valence-corrected chi connectivity index (χ3v) is 3.10. The Morgan fingerprint density at radius 1 is 1.40 bits per heavy atom. The molecule has 0 bridgehead atoms. The van der Waals surface area contributed by atoms with E-state index >= 15 is 0 Å². The molecule has 0 fully saturated rings. The van der Waals surface area contributed by atoms with Gasteiger partial charge in [-0.2, -0.15) is 0 Å². The third-order valence-electron chi connectivity index (χ3n) is 2.38. The van der Waals surface area contributed by atoms with Gasteiger partial charge in [-0.15, -0.1) is 0 Å². The number of benzene rings is 1. The molecule has 0 saturated carbocycles. The highest BCUT2D eigenvalue weighted by atomic mass is 127. The number of hydrogen-bond acceptors (Lipinski definition) is 1. The number of carbonyl (C=O) groups is 1. The zero-order valence-corrected chi connectivity index (χ0v) is 10.9. The summed E-state index contributed by atoms with van der Waals surface area (Å²) in [6, 6.07) is 8.04. The summed E-state index contributed by atoms with van der Waals surface area (Å²) in [5.41, 5.74) is 1.11. The van der Waals surface area contributed by atoms with Crippen LogP contribution >= 0.6 is 22.6 Å². The fourth-order valence-corrected chi connectivity index (χ4v) is 1.93. The van der Waals surface area contributed by atoms with Crippen molar-refractivity contribution in [1.29, 1.82) is 0 Å². The van der Waals surface area contributed by atoms with Gasteiger partial charge < -0.3 is 5.11 Å². The van der Waals surface area contributed by atoms with Crippen LogP contribution in [0.5, 0.6) is 0 Å². The first kappa shape index (κ1) is 12.5. The zero-order valence-electron chi connectivity index (χ0n) is 8.74. The van der Waals surface area contributed by atoms with Crippen molar-refractivity contribution in [3.05, 3.63) is 33.4 Å². The average Bonchev–Trinajstić information content (AvgIpc) is 2.20. The molecule has 0 aliphatic carbocycles. The maximum atomic E-state index is 11.0. The maximum Gasteiger partial charge on any atom is 0.306 e. The second kappa shape index (κ2) is 6.10. The Bertz CT molecular complexity index is 319. The molecule has 1 atom stereocenters.